The summed E-state index contributed by atoms with van der Waals surface area (Å²) in [6, 6.07) is 47.5. The quantitative estimate of drug-likeness (QED) is 0.217. The van der Waals surface area contributed by atoms with Gasteiger partial charge in [-0.2, -0.15) is 0 Å². The molecule has 208 valence electrons. The fourth-order valence-corrected chi connectivity index (χ4v) is 6.96. The van der Waals surface area contributed by atoms with Crippen LogP contribution in [0.25, 0.3) is 82.7 Å². The molecule has 44 heavy (non-hydrogen) atoms. The van der Waals surface area contributed by atoms with E-state index in [2.05, 4.69) is 142 Å². The molecule has 9 aromatic rings. The summed E-state index contributed by atoms with van der Waals surface area (Å²) in [7, 11) is 0. The Balaban J connectivity index is 1.48. The summed E-state index contributed by atoms with van der Waals surface area (Å²) in [5.74, 6) is 0. The monoisotopic (exact) mass is 564 g/mol. The standard InChI is InChI=1S/C40H28N4/c1-2-34(41)27-22-26(25-12-4-3-5-13-25)23-28(24-27)43-35-18-10-9-16-31(35)32-20-21-37-38(39(32)43)42-40-33-17-7-6-14-29(33)30-15-8-11-19-36(30)44(37)40/h2-24H,41H2,1H3/b34-2-. The average molecular weight is 565 g/mol. The molecule has 0 fully saturated rings. The van der Waals surface area contributed by atoms with Gasteiger partial charge in [0.1, 0.15) is 11.2 Å². The number of benzene rings is 6. The topological polar surface area (TPSA) is 48.2 Å². The van der Waals surface area contributed by atoms with Crippen LogP contribution in [0.5, 0.6) is 0 Å². The molecule has 9 rings (SSSR count). The Labute approximate surface area is 253 Å². The first-order valence-electron chi connectivity index (χ1n) is 15.0. The van der Waals surface area contributed by atoms with Crippen LogP contribution in [0.15, 0.2) is 140 Å². The number of aromatic nitrogens is 3. The van der Waals surface area contributed by atoms with Gasteiger partial charge in [-0.1, -0.05) is 97.1 Å². The molecule has 0 amide bonds. The summed E-state index contributed by atoms with van der Waals surface area (Å²) in [5, 5.41) is 5.95. The fourth-order valence-electron chi connectivity index (χ4n) is 6.96. The smallest absolute Gasteiger partial charge is 0.146 e. The van der Waals surface area contributed by atoms with Gasteiger partial charge < -0.3 is 10.3 Å². The SMILES string of the molecule is C/C=C(\N)c1cc(-c2ccccc2)cc(-n2c3ccccc3c3ccc4c(nc5c6ccccc6c6ccccc6n45)c32)c1. The lowest BCUT2D eigenvalue weighted by molar-refractivity contribution is 1.18. The Hall–Kier alpha value is -5.87. The zero-order valence-electron chi connectivity index (χ0n) is 24.2. The second-order valence-corrected chi connectivity index (χ2v) is 11.4. The van der Waals surface area contributed by atoms with Crippen LogP contribution >= 0.6 is 0 Å². The van der Waals surface area contributed by atoms with Crippen molar-refractivity contribution in [2.75, 3.05) is 0 Å². The van der Waals surface area contributed by atoms with Crippen molar-refractivity contribution in [1.29, 1.82) is 0 Å². The summed E-state index contributed by atoms with van der Waals surface area (Å²) in [5.41, 5.74) is 18.1. The molecule has 4 nitrogen and oxygen atoms in total. The molecule has 2 N–H and O–H groups in total. The van der Waals surface area contributed by atoms with Gasteiger partial charge in [-0.25, -0.2) is 4.98 Å². The fraction of sp³-hybridized carbons (Fsp3) is 0.0250. The van der Waals surface area contributed by atoms with E-state index in [1.165, 1.54) is 21.5 Å². The number of fused-ring (bicyclic) bond motifs is 12. The van der Waals surface area contributed by atoms with E-state index in [1.54, 1.807) is 0 Å². The van der Waals surface area contributed by atoms with Crippen LogP contribution in [-0.4, -0.2) is 14.0 Å². The number of nitrogens with zero attached hydrogens (tertiary/aromatic N) is 3. The Bertz CT molecular complexity index is 2620. The zero-order chi connectivity index (χ0) is 29.4. The summed E-state index contributed by atoms with van der Waals surface area (Å²) >= 11 is 0. The minimum Gasteiger partial charge on any atom is -0.399 e. The van der Waals surface area contributed by atoms with Crippen molar-refractivity contribution in [3.63, 3.8) is 0 Å². The third kappa shape index (κ3) is 3.42. The molecule has 0 saturated heterocycles. The van der Waals surface area contributed by atoms with Gasteiger partial charge in [0.2, 0.25) is 0 Å². The second kappa shape index (κ2) is 9.32. The van der Waals surface area contributed by atoms with Gasteiger partial charge in [-0.3, -0.25) is 4.40 Å². The maximum Gasteiger partial charge on any atom is 0.146 e. The van der Waals surface area contributed by atoms with Crippen LogP contribution in [0, 0.1) is 0 Å². The first kappa shape index (κ1) is 24.7. The van der Waals surface area contributed by atoms with Crippen molar-refractivity contribution in [3.8, 4) is 16.8 Å². The van der Waals surface area contributed by atoms with Crippen LogP contribution in [0.4, 0.5) is 0 Å². The van der Waals surface area contributed by atoms with Crippen LogP contribution in [-0.2, 0) is 0 Å². The first-order chi connectivity index (χ1) is 21.7. The number of hydrogen-bond donors (Lipinski definition) is 1. The molecule has 0 unspecified atom stereocenters. The van der Waals surface area contributed by atoms with E-state index in [0.29, 0.717) is 0 Å². The van der Waals surface area contributed by atoms with Gasteiger partial charge in [0.05, 0.1) is 22.1 Å². The van der Waals surface area contributed by atoms with Crippen LogP contribution in [0.3, 0.4) is 0 Å². The zero-order valence-corrected chi connectivity index (χ0v) is 24.2. The maximum atomic E-state index is 6.57. The van der Waals surface area contributed by atoms with E-state index in [1.807, 2.05) is 13.0 Å². The second-order valence-electron chi connectivity index (χ2n) is 11.4. The molecule has 0 bridgehead atoms. The Morgan fingerprint density at radius 1 is 0.591 bits per heavy atom. The molecule has 0 radical (unpaired) electrons. The number of allylic oxidation sites excluding steroid dienone is 1. The number of rotatable bonds is 3. The Kier molecular flexibility index (Phi) is 5.23. The minimum absolute atomic E-state index is 0.751. The molecule has 0 saturated carbocycles. The summed E-state index contributed by atoms with van der Waals surface area (Å²) < 4.78 is 4.71. The van der Waals surface area contributed by atoms with Gasteiger partial charge in [0.15, 0.2) is 0 Å². The molecular formula is C40H28N4. The molecule has 0 aliphatic rings. The lowest BCUT2D eigenvalue weighted by atomic mass is 10.0. The summed E-state index contributed by atoms with van der Waals surface area (Å²) in [4.78, 5) is 5.46. The van der Waals surface area contributed by atoms with E-state index < -0.39 is 0 Å². The molecule has 0 atom stereocenters. The normalized spacial score (nSPS) is 12.4. The number of nitrogens with two attached hydrogens (primary N) is 1. The Morgan fingerprint density at radius 3 is 2.02 bits per heavy atom. The Morgan fingerprint density at radius 2 is 1.25 bits per heavy atom. The highest BCUT2D eigenvalue weighted by atomic mass is 15.1. The molecule has 3 heterocycles. The van der Waals surface area contributed by atoms with E-state index in [9.17, 15) is 0 Å². The van der Waals surface area contributed by atoms with E-state index >= 15 is 0 Å². The molecule has 0 aliphatic heterocycles. The number of hydrogen-bond acceptors (Lipinski definition) is 2. The highest BCUT2D eigenvalue weighted by Gasteiger charge is 2.21. The molecule has 6 aromatic carbocycles. The molecule has 3 aromatic heterocycles. The van der Waals surface area contributed by atoms with Crippen molar-refractivity contribution in [2.24, 2.45) is 5.73 Å². The maximum absolute atomic E-state index is 6.57. The predicted molar refractivity (Wildman–Crippen MR) is 185 cm³/mol. The van der Waals surface area contributed by atoms with Gasteiger partial charge in [-0.15, -0.1) is 0 Å². The van der Waals surface area contributed by atoms with Crippen molar-refractivity contribution in [1.82, 2.24) is 14.0 Å². The van der Waals surface area contributed by atoms with E-state index in [0.717, 1.165) is 66.7 Å². The van der Waals surface area contributed by atoms with Crippen molar-refractivity contribution >= 4 is 65.9 Å². The third-order valence-electron chi connectivity index (χ3n) is 8.99. The van der Waals surface area contributed by atoms with Crippen molar-refractivity contribution < 1.29 is 0 Å². The van der Waals surface area contributed by atoms with Crippen molar-refractivity contribution in [3.05, 3.63) is 145 Å². The van der Waals surface area contributed by atoms with Gasteiger partial charge >= 0.3 is 0 Å². The number of pyridine rings is 1. The minimum atomic E-state index is 0.751. The highest BCUT2D eigenvalue weighted by molar-refractivity contribution is 6.20. The predicted octanol–water partition coefficient (Wildman–Crippen LogP) is 9.88. The number of imidazole rings is 1. The average Bonchev–Trinajstić information content (AvgIpc) is 3.65. The van der Waals surface area contributed by atoms with Crippen molar-refractivity contribution in [2.45, 2.75) is 6.92 Å². The molecule has 0 aliphatic carbocycles. The molecule has 0 spiro atoms. The van der Waals surface area contributed by atoms with Gasteiger partial charge in [0, 0.05) is 32.9 Å². The summed E-state index contributed by atoms with van der Waals surface area (Å²) in [6.07, 6.45) is 1.97. The number of para-hydroxylation sites is 2. The van der Waals surface area contributed by atoms with Crippen LogP contribution < -0.4 is 5.73 Å². The third-order valence-corrected chi connectivity index (χ3v) is 8.99. The van der Waals surface area contributed by atoms with Crippen LogP contribution in [0.2, 0.25) is 0 Å². The largest absolute Gasteiger partial charge is 0.399 e. The van der Waals surface area contributed by atoms with E-state index in [-0.39, 0.29) is 0 Å². The lowest BCUT2D eigenvalue weighted by Gasteiger charge is -2.14. The molecular weight excluding hydrogens is 536 g/mol. The highest BCUT2D eigenvalue weighted by Crippen LogP contribution is 2.40. The lowest BCUT2D eigenvalue weighted by Crippen LogP contribution is -2.01. The van der Waals surface area contributed by atoms with Gasteiger partial charge in [0.25, 0.3) is 0 Å². The first-order valence-corrected chi connectivity index (χ1v) is 15.0. The van der Waals surface area contributed by atoms with Crippen LogP contribution in [0.1, 0.15) is 12.5 Å². The summed E-state index contributed by atoms with van der Waals surface area (Å²) in [6.45, 7) is 1.99. The molecule has 4 heteroatoms. The van der Waals surface area contributed by atoms with E-state index in [4.69, 9.17) is 10.7 Å². The van der Waals surface area contributed by atoms with Gasteiger partial charge in [-0.05, 0) is 71.5 Å².